The summed E-state index contributed by atoms with van der Waals surface area (Å²) in [5.41, 5.74) is 11.2. The Morgan fingerprint density at radius 1 is 0.766 bits per heavy atom. The van der Waals surface area contributed by atoms with Crippen LogP contribution in [0.25, 0.3) is 11.4 Å². The molecule has 2 N–H and O–H groups in total. The van der Waals surface area contributed by atoms with Crippen LogP contribution >= 0.6 is 23.2 Å². The number of ketones is 1. The molecule has 0 spiro atoms. The molecular formula is C36H28Cl2F2N6O. The van der Waals surface area contributed by atoms with Gasteiger partial charge in [-0.15, -0.1) is 0 Å². The minimum atomic E-state index is -0.574. The van der Waals surface area contributed by atoms with E-state index in [-0.39, 0.29) is 17.9 Å². The van der Waals surface area contributed by atoms with Gasteiger partial charge < -0.3 is 5.73 Å². The van der Waals surface area contributed by atoms with Gasteiger partial charge in [0.2, 0.25) is 0 Å². The molecule has 6 aromatic rings. The van der Waals surface area contributed by atoms with Crippen LogP contribution in [-0.2, 0) is 13.1 Å². The molecule has 7 rings (SSSR count). The summed E-state index contributed by atoms with van der Waals surface area (Å²) >= 11 is 12.3. The molecule has 2 aromatic heterocycles. The van der Waals surface area contributed by atoms with Gasteiger partial charge in [-0.05, 0) is 74.5 Å². The van der Waals surface area contributed by atoms with Gasteiger partial charge in [0.1, 0.15) is 23.3 Å². The van der Waals surface area contributed by atoms with Gasteiger partial charge in [0.15, 0.2) is 5.78 Å². The maximum atomic E-state index is 14.3. The van der Waals surface area contributed by atoms with E-state index in [1.807, 2.05) is 48.9 Å². The van der Waals surface area contributed by atoms with E-state index in [1.165, 1.54) is 30.3 Å². The number of hydrogen-bond acceptors (Lipinski definition) is 5. The molecular weight excluding hydrogens is 641 g/mol. The number of aliphatic imine (C=N–C) groups is 1. The SMILES string of the molecule is Cc1ncc(CN)n1-c1ccc(Cl)cc1C(=O)c1ccccc1F.Cc1ncc2n1-c1ccc(Cl)cc1C(c1ccccc1F)=NC2. The molecule has 0 saturated heterocycles. The molecule has 7 nitrogen and oxygen atoms in total. The highest BCUT2D eigenvalue weighted by Crippen LogP contribution is 2.30. The van der Waals surface area contributed by atoms with Crippen LogP contribution in [0.1, 0.15) is 50.1 Å². The summed E-state index contributed by atoms with van der Waals surface area (Å²) in [6.07, 6.45) is 3.46. The second-order valence-corrected chi connectivity index (χ2v) is 11.6. The van der Waals surface area contributed by atoms with Crippen LogP contribution < -0.4 is 5.73 Å². The Labute approximate surface area is 280 Å². The lowest BCUT2D eigenvalue weighted by Gasteiger charge is -2.14. The van der Waals surface area contributed by atoms with Gasteiger partial charge in [-0.3, -0.25) is 18.9 Å². The first-order valence-corrected chi connectivity index (χ1v) is 15.4. The van der Waals surface area contributed by atoms with Crippen LogP contribution in [0.4, 0.5) is 8.78 Å². The highest BCUT2D eigenvalue weighted by atomic mass is 35.5. The summed E-state index contributed by atoms with van der Waals surface area (Å²) < 4.78 is 32.2. The van der Waals surface area contributed by atoms with Crippen molar-refractivity contribution in [3.8, 4) is 11.4 Å². The third-order valence-electron chi connectivity index (χ3n) is 7.78. The molecule has 1 aliphatic rings. The lowest BCUT2D eigenvalue weighted by molar-refractivity contribution is 0.103. The second-order valence-electron chi connectivity index (χ2n) is 10.7. The van der Waals surface area contributed by atoms with E-state index in [0.717, 1.165) is 28.5 Å². The third-order valence-corrected chi connectivity index (χ3v) is 8.25. The van der Waals surface area contributed by atoms with Crippen LogP contribution in [-0.4, -0.2) is 30.6 Å². The number of nitrogens with zero attached hydrogens (tertiary/aromatic N) is 5. The summed E-state index contributed by atoms with van der Waals surface area (Å²) in [5.74, 6) is 0.240. The van der Waals surface area contributed by atoms with Gasteiger partial charge in [-0.1, -0.05) is 47.5 Å². The van der Waals surface area contributed by atoms with E-state index in [2.05, 4.69) is 15.0 Å². The molecule has 0 unspecified atom stereocenters. The number of halogens is 4. The molecule has 3 heterocycles. The van der Waals surface area contributed by atoms with Crippen molar-refractivity contribution in [2.24, 2.45) is 10.7 Å². The fourth-order valence-electron chi connectivity index (χ4n) is 5.59. The maximum absolute atomic E-state index is 14.3. The Kier molecular flexibility index (Phi) is 9.13. The van der Waals surface area contributed by atoms with Gasteiger partial charge in [0.05, 0.1) is 53.0 Å². The fourth-order valence-corrected chi connectivity index (χ4v) is 5.94. The van der Waals surface area contributed by atoms with Gasteiger partial charge >= 0.3 is 0 Å². The minimum absolute atomic E-state index is 0.00640. The molecule has 0 amide bonds. The zero-order chi connectivity index (χ0) is 33.2. The zero-order valence-electron chi connectivity index (χ0n) is 25.4. The van der Waals surface area contributed by atoms with Crippen molar-refractivity contribution in [3.63, 3.8) is 0 Å². The molecule has 0 saturated carbocycles. The van der Waals surface area contributed by atoms with Crippen LogP contribution in [0.2, 0.25) is 10.0 Å². The number of imidazole rings is 2. The Morgan fingerprint density at radius 2 is 1.40 bits per heavy atom. The molecule has 0 bridgehead atoms. The second kappa shape index (κ2) is 13.4. The Bertz CT molecular complexity index is 2170. The van der Waals surface area contributed by atoms with Crippen molar-refractivity contribution in [3.05, 3.63) is 164 Å². The summed E-state index contributed by atoms with van der Waals surface area (Å²) in [5, 5.41) is 0.986. The average Bonchev–Trinajstić information content (AvgIpc) is 3.58. The van der Waals surface area contributed by atoms with Gasteiger partial charge in [0, 0.05) is 33.3 Å². The molecule has 4 aromatic carbocycles. The van der Waals surface area contributed by atoms with E-state index in [1.54, 1.807) is 41.1 Å². The minimum Gasteiger partial charge on any atom is -0.325 e. The van der Waals surface area contributed by atoms with Crippen molar-refractivity contribution >= 4 is 34.7 Å². The van der Waals surface area contributed by atoms with E-state index >= 15 is 0 Å². The van der Waals surface area contributed by atoms with Crippen LogP contribution in [0.15, 0.2) is 102 Å². The van der Waals surface area contributed by atoms with E-state index < -0.39 is 11.6 Å². The summed E-state index contributed by atoms with van der Waals surface area (Å²) in [7, 11) is 0. The van der Waals surface area contributed by atoms with Crippen molar-refractivity contribution in [1.29, 1.82) is 0 Å². The first kappa shape index (κ1) is 32.0. The normalized spacial score (nSPS) is 11.9. The Hall–Kier alpha value is -4.96. The lowest BCUT2D eigenvalue weighted by atomic mass is 10.00. The standard InChI is InChI=1S/C18H15ClFN3O.C18H13ClFN3/c1-11-22-10-13(9-21)23(11)17-7-6-12(19)8-15(17)18(24)14-4-2-3-5-16(14)20;1-11-21-9-13-10-22-18(14-4-2-3-5-16(14)20)15-8-12(19)6-7-17(15)23(11)13/h2-8,10H,9,21H2,1H3;2-9H,10H2,1H3. The number of aromatic nitrogens is 4. The molecule has 11 heteroatoms. The Balaban J connectivity index is 0.000000164. The van der Waals surface area contributed by atoms with Gasteiger partial charge in [0.25, 0.3) is 0 Å². The molecule has 236 valence electrons. The molecule has 0 atom stereocenters. The lowest BCUT2D eigenvalue weighted by Crippen LogP contribution is -2.13. The third kappa shape index (κ3) is 6.25. The topological polar surface area (TPSA) is 91.1 Å². The number of fused-ring (bicyclic) bond motifs is 3. The molecule has 0 fully saturated rings. The predicted octanol–water partition coefficient (Wildman–Crippen LogP) is 7.99. The number of benzene rings is 4. The van der Waals surface area contributed by atoms with Crippen molar-refractivity contribution in [1.82, 2.24) is 19.1 Å². The molecule has 47 heavy (non-hydrogen) atoms. The largest absolute Gasteiger partial charge is 0.325 e. The van der Waals surface area contributed by atoms with Crippen molar-refractivity contribution in [2.75, 3.05) is 0 Å². The number of carbonyl (C=O) groups excluding carboxylic acids is 1. The van der Waals surface area contributed by atoms with Crippen LogP contribution in [0.5, 0.6) is 0 Å². The number of hydrogen-bond donors (Lipinski definition) is 1. The van der Waals surface area contributed by atoms with Crippen molar-refractivity contribution in [2.45, 2.75) is 26.9 Å². The predicted molar refractivity (Wildman–Crippen MR) is 180 cm³/mol. The number of aryl methyl sites for hydroxylation is 2. The Morgan fingerprint density at radius 3 is 2.13 bits per heavy atom. The highest BCUT2D eigenvalue weighted by Gasteiger charge is 2.23. The number of rotatable bonds is 5. The first-order chi connectivity index (χ1) is 22.7. The summed E-state index contributed by atoms with van der Waals surface area (Å²) in [6, 6.07) is 23.0. The number of carbonyl (C=O) groups is 1. The van der Waals surface area contributed by atoms with Crippen LogP contribution in [0, 0.1) is 25.5 Å². The van der Waals surface area contributed by atoms with E-state index in [9.17, 15) is 13.6 Å². The van der Waals surface area contributed by atoms with E-state index in [0.29, 0.717) is 44.9 Å². The number of nitrogens with two attached hydrogens (primary N) is 1. The quantitative estimate of drug-likeness (QED) is 0.189. The van der Waals surface area contributed by atoms with E-state index in [4.69, 9.17) is 28.9 Å². The smallest absolute Gasteiger partial charge is 0.198 e. The zero-order valence-corrected chi connectivity index (χ0v) is 26.9. The monoisotopic (exact) mass is 668 g/mol. The van der Waals surface area contributed by atoms with Crippen LogP contribution in [0.3, 0.4) is 0 Å². The average molecular weight is 670 g/mol. The first-order valence-electron chi connectivity index (χ1n) is 14.6. The summed E-state index contributed by atoms with van der Waals surface area (Å²) in [6.45, 7) is 4.45. The summed E-state index contributed by atoms with van der Waals surface area (Å²) in [4.78, 5) is 26.1. The fraction of sp³-hybridized carbons (Fsp3) is 0.111. The molecule has 0 radical (unpaired) electrons. The van der Waals surface area contributed by atoms with Gasteiger partial charge in [-0.25, -0.2) is 18.7 Å². The van der Waals surface area contributed by atoms with Gasteiger partial charge in [-0.2, -0.15) is 0 Å². The molecule has 0 aliphatic carbocycles. The molecule has 1 aliphatic heterocycles. The highest BCUT2D eigenvalue weighted by molar-refractivity contribution is 6.32. The maximum Gasteiger partial charge on any atom is 0.198 e. The van der Waals surface area contributed by atoms with Crippen molar-refractivity contribution < 1.29 is 13.6 Å².